The number of hydrogen-bond donors (Lipinski definition) is 1. The van der Waals surface area contributed by atoms with Gasteiger partial charge in [-0.15, -0.1) is 0 Å². The molecule has 0 fully saturated rings. The van der Waals surface area contributed by atoms with E-state index in [1.165, 1.54) is 0 Å². The first-order valence-electron chi connectivity index (χ1n) is 1.38. The third kappa shape index (κ3) is 7.19. The molecule has 0 atom stereocenters. The van der Waals surface area contributed by atoms with Crippen molar-refractivity contribution in [3.63, 3.8) is 0 Å². The predicted octanol–water partition coefficient (Wildman–Crippen LogP) is -3.22. The molecule has 0 saturated heterocycles. The number of Topliss-reactive ketones (excluding diaryl/α,β-unsaturated/α-hetero) is 1. The van der Waals surface area contributed by atoms with E-state index in [9.17, 15) is 9.59 Å². The number of carbonyl (C=O) groups excluding carboxylic acids is 1. The summed E-state index contributed by atoms with van der Waals surface area (Å²) < 4.78 is 0. The van der Waals surface area contributed by atoms with Gasteiger partial charge >= 0.3 is 74.9 Å². The molecule has 0 aliphatic rings. The van der Waals surface area contributed by atoms with Crippen LogP contribution in [-0.4, -0.2) is 16.9 Å². The van der Waals surface area contributed by atoms with Crippen molar-refractivity contribution in [3.8, 4) is 0 Å². The second-order valence-corrected chi connectivity index (χ2v) is 0.861. The standard InChI is InChI=1S/C3H4O3.Cs.H/c1-2(4)3(5)6;;/h1H3,(H,5,6);;/q;+1;-1. The fraction of sp³-hybridized carbons (Fsp3) is 0.333. The monoisotopic (exact) mass is 222 g/mol. The second kappa shape index (κ2) is 5.33. The Morgan fingerprint density at radius 2 is 1.71 bits per heavy atom. The molecule has 0 amide bonds. The number of carbonyl (C=O) groups is 2. The van der Waals surface area contributed by atoms with Crippen LogP contribution in [0.4, 0.5) is 0 Å². The molecular weight excluding hydrogens is 217 g/mol. The van der Waals surface area contributed by atoms with Crippen molar-refractivity contribution < 1.29 is 85.0 Å². The number of carboxylic acid groups (broad SMARTS) is 1. The van der Waals surface area contributed by atoms with Gasteiger partial charge in [0.05, 0.1) is 0 Å². The quantitative estimate of drug-likeness (QED) is 0.475. The van der Waals surface area contributed by atoms with Crippen LogP contribution in [0.5, 0.6) is 0 Å². The van der Waals surface area contributed by atoms with Gasteiger partial charge in [-0.3, -0.25) is 4.79 Å². The molecule has 7 heavy (non-hydrogen) atoms. The van der Waals surface area contributed by atoms with Crippen LogP contribution in [-0.2, 0) is 9.59 Å². The van der Waals surface area contributed by atoms with Gasteiger partial charge in [-0.25, -0.2) is 4.79 Å². The van der Waals surface area contributed by atoms with Gasteiger partial charge in [0.25, 0.3) is 0 Å². The Balaban J connectivity index is -0.000000125. The summed E-state index contributed by atoms with van der Waals surface area (Å²) in [5.74, 6) is -2.20. The first-order valence-corrected chi connectivity index (χ1v) is 1.38. The number of aliphatic carboxylic acids is 1. The molecule has 0 unspecified atom stereocenters. The number of hydrogen-bond acceptors (Lipinski definition) is 2. The van der Waals surface area contributed by atoms with Crippen molar-refractivity contribution >= 4 is 11.8 Å². The molecule has 1 N–H and O–H groups in total. The number of ketones is 1. The van der Waals surface area contributed by atoms with E-state index in [2.05, 4.69) is 0 Å². The molecule has 0 aromatic rings. The fourth-order valence-corrected chi connectivity index (χ4v) is 0. The maximum Gasteiger partial charge on any atom is 1.00 e. The fourth-order valence-electron chi connectivity index (χ4n) is 0. The van der Waals surface area contributed by atoms with E-state index in [0.717, 1.165) is 6.92 Å². The minimum Gasteiger partial charge on any atom is -1.00 e. The van der Waals surface area contributed by atoms with Crippen LogP contribution in [0.1, 0.15) is 8.35 Å². The number of rotatable bonds is 1. The Hall–Kier alpha value is 1.19. The molecule has 0 spiro atoms. The van der Waals surface area contributed by atoms with Gasteiger partial charge in [-0.1, -0.05) is 0 Å². The molecule has 0 aromatic heterocycles. The average molecular weight is 222 g/mol. The minimum atomic E-state index is -1.38. The molecule has 0 aliphatic carbocycles. The Labute approximate surface area is 101 Å². The first-order chi connectivity index (χ1) is 2.64. The van der Waals surface area contributed by atoms with Crippen molar-refractivity contribution in [1.29, 1.82) is 0 Å². The zero-order valence-corrected chi connectivity index (χ0v) is 10.5. The zero-order chi connectivity index (χ0) is 5.15. The van der Waals surface area contributed by atoms with Gasteiger partial charge < -0.3 is 6.53 Å². The molecule has 0 bridgehead atoms. The van der Waals surface area contributed by atoms with Crippen LogP contribution in [0.2, 0.25) is 0 Å². The average Bonchev–Trinajstić information content (AvgIpc) is 1.36. The van der Waals surface area contributed by atoms with Gasteiger partial charge in [-0.2, -0.15) is 0 Å². The zero-order valence-electron chi connectivity index (χ0n) is 5.26. The van der Waals surface area contributed by atoms with E-state index >= 15 is 0 Å². The van der Waals surface area contributed by atoms with E-state index in [-0.39, 0.29) is 70.3 Å². The normalized spacial score (nSPS) is 6.43. The molecule has 0 aliphatic heterocycles. The molecule has 0 aromatic carbocycles. The van der Waals surface area contributed by atoms with Crippen LogP contribution in [0.3, 0.4) is 0 Å². The van der Waals surface area contributed by atoms with Crippen molar-refractivity contribution in [2.45, 2.75) is 6.92 Å². The van der Waals surface area contributed by atoms with E-state index in [1.54, 1.807) is 0 Å². The van der Waals surface area contributed by atoms with Gasteiger partial charge in [0.15, 0.2) is 0 Å². The smallest absolute Gasteiger partial charge is 1.00 e. The van der Waals surface area contributed by atoms with Crippen LogP contribution in [0, 0.1) is 0 Å². The molecule has 4 heteroatoms. The largest absolute Gasteiger partial charge is 1.00 e. The molecule has 3 nitrogen and oxygen atoms in total. The van der Waals surface area contributed by atoms with E-state index < -0.39 is 11.8 Å². The van der Waals surface area contributed by atoms with Crippen molar-refractivity contribution in [2.24, 2.45) is 0 Å². The maximum absolute atomic E-state index is 9.54. The predicted molar refractivity (Wildman–Crippen MR) is 19.4 cm³/mol. The van der Waals surface area contributed by atoms with Gasteiger partial charge in [0.1, 0.15) is 0 Å². The Morgan fingerprint density at radius 1 is 1.57 bits per heavy atom. The van der Waals surface area contributed by atoms with Crippen LogP contribution in [0.25, 0.3) is 0 Å². The molecule has 0 saturated carbocycles. The van der Waals surface area contributed by atoms with Gasteiger partial charge in [0, 0.05) is 6.92 Å². The Morgan fingerprint density at radius 3 is 1.71 bits per heavy atom. The summed E-state index contributed by atoms with van der Waals surface area (Å²) in [7, 11) is 0. The van der Waals surface area contributed by atoms with Crippen LogP contribution >= 0.6 is 0 Å². The summed E-state index contributed by atoms with van der Waals surface area (Å²) >= 11 is 0. The van der Waals surface area contributed by atoms with Crippen molar-refractivity contribution in [1.82, 2.24) is 0 Å². The summed E-state index contributed by atoms with van der Waals surface area (Å²) in [6.07, 6.45) is 0. The topological polar surface area (TPSA) is 54.4 Å². The summed E-state index contributed by atoms with van der Waals surface area (Å²) in [4.78, 5) is 18.9. The van der Waals surface area contributed by atoms with Crippen molar-refractivity contribution in [3.05, 3.63) is 0 Å². The summed E-state index contributed by atoms with van der Waals surface area (Å²) in [6, 6.07) is 0. The molecule has 0 heterocycles. The number of carboxylic acids is 1. The molecular formula is C3H5CsO3. The second-order valence-electron chi connectivity index (χ2n) is 0.861. The first kappa shape index (κ1) is 11.1. The van der Waals surface area contributed by atoms with Crippen LogP contribution in [0.15, 0.2) is 0 Å². The van der Waals surface area contributed by atoms with E-state index in [4.69, 9.17) is 5.11 Å². The molecule has 0 rings (SSSR count). The SMILES string of the molecule is CC(=O)C(=O)O.[Cs+].[H-]. The van der Waals surface area contributed by atoms with E-state index in [1.807, 2.05) is 0 Å². The minimum absolute atomic E-state index is 0. The van der Waals surface area contributed by atoms with Crippen LogP contribution < -0.4 is 68.9 Å². The van der Waals surface area contributed by atoms with E-state index in [0.29, 0.717) is 0 Å². The third-order valence-corrected chi connectivity index (χ3v) is 0.301. The Kier molecular flexibility index (Phi) is 8.42. The maximum atomic E-state index is 9.54. The van der Waals surface area contributed by atoms with Crippen molar-refractivity contribution in [2.75, 3.05) is 0 Å². The third-order valence-electron chi connectivity index (χ3n) is 0.301. The summed E-state index contributed by atoms with van der Waals surface area (Å²) in [6.45, 7) is 1.00. The van der Waals surface area contributed by atoms with Gasteiger partial charge in [0.2, 0.25) is 5.78 Å². The molecule has 36 valence electrons. The Bertz CT molecular complexity index is 80.5. The molecule has 0 radical (unpaired) electrons. The summed E-state index contributed by atoms with van der Waals surface area (Å²) in [5, 5.41) is 7.64. The summed E-state index contributed by atoms with van der Waals surface area (Å²) in [5.41, 5.74) is 0. The van der Waals surface area contributed by atoms with Gasteiger partial charge in [-0.05, 0) is 0 Å².